The minimum atomic E-state index is -3.69. The van der Waals surface area contributed by atoms with Gasteiger partial charge in [0.25, 0.3) is 5.91 Å². The zero-order valence-electron chi connectivity index (χ0n) is 15.7. The summed E-state index contributed by atoms with van der Waals surface area (Å²) in [6.07, 6.45) is 0. The Balaban J connectivity index is 2.05. The average Bonchev–Trinajstić information content (AvgIpc) is 2.67. The number of hydrogen-bond donors (Lipinski definition) is 1. The fourth-order valence-corrected chi connectivity index (χ4v) is 3.61. The molecule has 0 aliphatic rings. The van der Waals surface area contributed by atoms with Crippen LogP contribution in [-0.2, 0) is 16.6 Å². The largest absolute Gasteiger partial charge is 0.339 e. The van der Waals surface area contributed by atoms with Gasteiger partial charge in [0.15, 0.2) is 5.78 Å². The first-order valence-electron chi connectivity index (χ1n) is 8.77. The Kier molecular flexibility index (Phi) is 6.87. The van der Waals surface area contributed by atoms with Gasteiger partial charge in [0.1, 0.15) is 0 Å². The van der Waals surface area contributed by atoms with Crippen LogP contribution >= 0.6 is 0 Å². The number of rotatable bonds is 8. The Morgan fingerprint density at radius 3 is 1.89 bits per heavy atom. The summed E-state index contributed by atoms with van der Waals surface area (Å²) in [5, 5.41) is 0. The molecule has 1 N–H and O–H groups in total. The van der Waals surface area contributed by atoms with Crippen molar-refractivity contribution in [3.63, 3.8) is 0 Å². The Morgan fingerprint density at radius 1 is 0.889 bits per heavy atom. The number of benzene rings is 2. The summed E-state index contributed by atoms with van der Waals surface area (Å²) in [6, 6.07) is 12.7. The quantitative estimate of drug-likeness (QED) is 0.705. The molecule has 0 fully saturated rings. The first kappa shape index (κ1) is 20.8. The second-order valence-electron chi connectivity index (χ2n) is 6.08. The van der Waals surface area contributed by atoms with E-state index < -0.39 is 10.0 Å². The molecule has 0 heterocycles. The van der Waals surface area contributed by atoms with Crippen molar-refractivity contribution in [2.24, 2.45) is 0 Å². The van der Waals surface area contributed by atoms with E-state index in [1.165, 1.54) is 31.2 Å². The molecule has 0 unspecified atom stereocenters. The molecule has 0 bridgehead atoms. The second-order valence-corrected chi connectivity index (χ2v) is 7.85. The van der Waals surface area contributed by atoms with E-state index in [0.717, 1.165) is 5.56 Å². The number of carbonyl (C=O) groups is 2. The molecular weight excluding hydrogens is 364 g/mol. The highest BCUT2D eigenvalue weighted by Gasteiger charge is 2.15. The third-order valence-electron chi connectivity index (χ3n) is 4.29. The van der Waals surface area contributed by atoms with E-state index in [4.69, 9.17) is 0 Å². The van der Waals surface area contributed by atoms with Crippen LogP contribution in [0.2, 0.25) is 0 Å². The lowest BCUT2D eigenvalue weighted by Gasteiger charge is -2.18. The predicted octanol–water partition coefficient (Wildman–Crippen LogP) is 2.85. The van der Waals surface area contributed by atoms with Crippen LogP contribution in [0.15, 0.2) is 53.4 Å². The maximum atomic E-state index is 12.4. The fourth-order valence-electron chi connectivity index (χ4n) is 2.59. The highest BCUT2D eigenvalue weighted by molar-refractivity contribution is 7.89. The molecule has 0 saturated carbocycles. The number of amides is 1. The van der Waals surface area contributed by atoms with Crippen LogP contribution < -0.4 is 4.72 Å². The maximum Gasteiger partial charge on any atom is 0.253 e. The van der Waals surface area contributed by atoms with Gasteiger partial charge in [-0.25, -0.2) is 13.1 Å². The Bertz CT molecular complexity index is 900. The van der Waals surface area contributed by atoms with E-state index in [9.17, 15) is 18.0 Å². The van der Waals surface area contributed by atoms with Gasteiger partial charge >= 0.3 is 0 Å². The number of ketones is 1. The Morgan fingerprint density at radius 2 is 1.41 bits per heavy atom. The number of Topliss-reactive ketones (excluding diaryl/α,β-unsaturated/α-hetero) is 1. The van der Waals surface area contributed by atoms with Crippen LogP contribution in [0.5, 0.6) is 0 Å². The van der Waals surface area contributed by atoms with Crippen molar-refractivity contribution in [3.05, 3.63) is 65.2 Å². The van der Waals surface area contributed by atoms with E-state index in [-0.39, 0.29) is 23.1 Å². The summed E-state index contributed by atoms with van der Waals surface area (Å²) in [5.74, 6) is -0.163. The van der Waals surface area contributed by atoms with Crippen molar-refractivity contribution in [1.82, 2.24) is 9.62 Å². The highest BCUT2D eigenvalue weighted by Crippen LogP contribution is 2.13. The lowest BCUT2D eigenvalue weighted by atomic mass is 10.1. The summed E-state index contributed by atoms with van der Waals surface area (Å²) in [5.41, 5.74) is 1.78. The number of sulfonamides is 1. The molecule has 0 spiro atoms. The third-order valence-corrected chi connectivity index (χ3v) is 5.71. The molecule has 0 saturated heterocycles. The fraction of sp³-hybridized carbons (Fsp3) is 0.300. The van der Waals surface area contributed by atoms with Gasteiger partial charge in [-0.15, -0.1) is 0 Å². The summed E-state index contributed by atoms with van der Waals surface area (Å²) in [7, 11) is -3.69. The average molecular weight is 388 g/mol. The zero-order chi connectivity index (χ0) is 20.0. The van der Waals surface area contributed by atoms with Gasteiger partial charge in [0.05, 0.1) is 4.90 Å². The molecule has 144 valence electrons. The molecule has 1 amide bonds. The van der Waals surface area contributed by atoms with E-state index in [0.29, 0.717) is 24.2 Å². The van der Waals surface area contributed by atoms with Crippen molar-refractivity contribution >= 4 is 21.7 Å². The molecule has 2 aromatic carbocycles. The summed E-state index contributed by atoms with van der Waals surface area (Å²) in [4.78, 5) is 25.4. The van der Waals surface area contributed by atoms with Gasteiger partial charge in [-0.3, -0.25) is 9.59 Å². The number of nitrogens with zero attached hydrogens (tertiary/aromatic N) is 1. The van der Waals surface area contributed by atoms with Crippen LogP contribution in [0.25, 0.3) is 0 Å². The van der Waals surface area contributed by atoms with Crippen LogP contribution in [0.1, 0.15) is 47.1 Å². The summed E-state index contributed by atoms with van der Waals surface area (Å²) in [6.45, 7) is 6.66. The monoisotopic (exact) mass is 388 g/mol. The predicted molar refractivity (Wildman–Crippen MR) is 104 cm³/mol. The zero-order valence-corrected chi connectivity index (χ0v) is 16.5. The second kappa shape index (κ2) is 8.92. The number of carbonyl (C=O) groups excluding carboxylic acids is 2. The van der Waals surface area contributed by atoms with E-state index in [2.05, 4.69) is 4.72 Å². The van der Waals surface area contributed by atoms with Gasteiger partial charge in [-0.2, -0.15) is 0 Å². The molecule has 2 rings (SSSR count). The normalized spacial score (nSPS) is 11.2. The maximum absolute atomic E-state index is 12.4. The number of nitrogens with one attached hydrogen (secondary N) is 1. The first-order valence-corrected chi connectivity index (χ1v) is 10.3. The van der Waals surface area contributed by atoms with Crippen LogP contribution in [0.4, 0.5) is 0 Å². The smallest absolute Gasteiger partial charge is 0.253 e. The van der Waals surface area contributed by atoms with Crippen LogP contribution in [0.3, 0.4) is 0 Å². The number of hydrogen-bond acceptors (Lipinski definition) is 4. The lowest BCUT2D eigenvalue weighted by Crippen LogP contribution is -2.30. The lowest BCUT2D eigenvalue weighted by molar-refractivity contribution is 0.0772. The van der Waals surface area contributed by atoms with Crippen molar-refractivity contribution < 1.29 is 18.0 Å². The highest BCUT2D eigenvalue weighted by atomic mass is 32.2. The molecule has 0 aliphatic heterocycles. The van der Waals surface area contributed by atoms with Crippen LogP contribution in [-0.4, -0.2) is 38.1 Å². The van der Waals surface area contributed by atoms with Gasteiger partial charge in [-0.05, 0) is 50.6 Å². The van der Waals surface area contributed by atoms with Crippen molar-refractivity contribution in [2.75, 3.05) is 13.1 Å². The standard InChI is InChI=1S/C20H24N2O4S/c1-4-22(5-2)20(24)18-8-6-16(7-9-18)14-21-27(25,26)19-12-10-17(11-13-19)15(3)23/h6-13,21H,4-5,14H2,1-3H3. The van der Waals surface area contributed by atoms with Crippen molar-refractivity contribution in [2.45, 2.75) is 32.2 Å². The molecule has 6 nitrogen and oxygen atoms in total. The minimum Gasteiger partial charge on any atom is -0.339 e. The summed E-state index contributed by atoms with van der Waals surface area (Å²) >= 11 is 0. The Labute approximate surface area is 160 Å². The molecule has 0 aromatic heterocycles. The molecule has 0 radical (unpaired) electrons. The molecule has 0 atom stereocenters. The van der Waals surface area contributed by atoms with Crippen molar-refractivity contribution in [1.29, 1.82) is 0 Å². The topological polar surface area (TPSA) is 83.6 Å². The van der Waals surface area contributed by atoms with Gasteiger partial charge in [0.2, 0.25) is 10.0 Å². The molecular formula is C20H24N2O4S. The van der Waals surface area contributed by atoms with Crippen molar-refractivity contribution in [3.8, 4) is 0 Å². The van der Waals surface area contributed by atoms with Gasteiger partial charge in [-0.1, -0.05) is 24.3 Å². The first-order chi connectivity index (χ1) is 12.8. The minimum absolute atomic E-state index is 0.0438. The SMILES string of the molecule is CCN(CC)C(=O)c1ccc(CNS(=O)(=O)c2ccc(C(C)=O)cc2)cc1. The van der Waals surface area contributed by atoms with Crippen LogP contribution in [0, 0.1) is 0 Å². The summed E-state index contributed by atoms with van der Waals surface area (Å²) < 4.78 is 27.3. The Hall–Kier alpha value is -2.51. The molecule has 7 heteroatoms. The van der Waals surface area contributed by atoms with Gasteiger partial charge < -0.3 is 4.90 Å². The molecule has 0 aliphatic carbocycles. The van der Waals surface area contributed by atoms with E-state index in [1.807, 2.05) is 13.8 Å². The van der Waals surface area contributed by atoms with Gasteiger partial charge in [0, 0.05) is 30.8 Å². The third kappa shape index (κ3) is 5.24. The molecule has 27 heavy (non-hydrogen) atoms. The molecule has 2 aromatic rings. The van der Waals surface area contributed by atoms with E-state index >= 15 is 0 Å². The van der Waals surface area contributed by atoms with E-state index in [1.54, 1.807) is 29.2 Å².